The number of nitrogens with zero attached hydrogens (tertiary/aromatic N) is 6. The topological polar surface area (TPSA) is 274 Å². The maximum atomic E-state index is 12.8. The molecule has 8 N–H and O–H groups in total. The molecule has 0 bridgehead atoms. The van der Waals surface area contributed by atoms with Crippen LogP contribution in [0.2, 0.25) is 0 Å². The zero-order valence-electron chi connectivity index (χ0n) is 40.9. The molecule has 1 amide bonds. The highest BCUT2D eigenvalue weighted by molar-refractivity contribution is 6.03. The van der Waals surface area contributed by atoms with Crippen LogP contribution in [-0.2, 0) is 35.4 Å². The summed E-state index contributed by atoms with van der Waals surface area (Å²) in [6.45, 7) is 12.4. The lowest BCUT2D eigenvalue weighted by molar-refractivity contribution is 0.0592. The van der Waals surface area contributed by atoms with Crippen molar-refractivity contribution in [1.82, 2.24) is 35.2 Å². The molecule has 0 atom stereocenters. The van der Waals surface area contributed by atoms with E-state index in [0.29, 0.717) is 76.7 Å². The SMILES string of the molecule is C.C.COC(=O)c1ccnc(Cc2cc(C(=O)OC)c3ncc(C)cc3c2)c1.Cc1cc(N)nc(C)c1CN.Cc1cnc2c(C(=O)O)cc(Cc3cc(C(=O)NCc4c(C)cc(N)nc4C)ccn3)cc2c1. The fourth-order valence-corrected chi connectivity index (χ4v) is 8.05. The fraction of sp³-hybridized carbons (Fsp3) is 0.250. The number of carboxylic acids is 1. The van der Waals surface area contributed by atoms with Crippen molar-refractivity contribution in [3.8, 4) is 0 Å². The van der Waals surface area contributed by atoms with Gasteiger partial charge in [0.2, 0.25) is 0 Å². The van der Waals surface area contributed by atoms with Crippen LogP contribution in [0.3, 0.4) is 0 Å². The van der Waals surface area contributed by atoms with Crippen molar-refractivity contribution < 1.29 is 33.8 Å². The van der Waals surface area contributed by atoms with Gasteiger partial charge in [0.25, 0.3) is 5.91 Å². The first kappa shape index (κ1) is 56.9. The molecule has 0 aliphatic rings. The minimum absolute atomic E-state index is 0. The van der Waals surface area contributed by atoms with E-state index in [0.717, 1.165) is 66.7 Å². The van der Waals surface area contributed by atoms with Crippen molar-refractivity contribution in [1.29, 1.82) is 0 Å². The number of anilines is 2. The summed E-state index contributed by atoms with van der Waals surface area (Å²) in [5.41, 5.74) is 30.1. The molecule has 0 aliphatic carbocycles. The first-order valence-corrected chi connectivity index (χ1v) is 22.4. The minimum Gasteiger partial charge on any atom is -0.478 e. The Morgan fingerprint density at radius 2 is 1.05 bits per heavy atom. The normalized spacial score (nSPS) is 10.4. The number of aromatic nitrogens is 6. The van der Waals surface area contributed by atoms with Crippen LogP contribution in [0.15, 0.2) is 97.6 Å². The molecule has 0 fully saturated rings. The van der Waals surface area contributed by atoms with Crippen LogP contribution in [0.4, 0.5) is 11.6 Å². The molecule has 0 spiro atoms. The number of carboxylic acid groups (broad SMARTS) is 1. The van der Waals surface area contributed by atoms with E-state index in [1.807, 2.05) is 71.9 Å². The van der Waals surface area contributed by atoms with Crippen LogP contribution in [0.5, 0.6) is 0 Å². The van der Waals surface area contributed by atoms with E-state index in [2.05, 4.69) is 35.2 Å². The van der Waals surface area contributed by atoms with Gasteiger partial charge in [-0.1, -0.05) is 14.9 Å². The molecule has 0 saturated carbocycles. The molecule has 0 aliphatic heterocycles. The first-order valence-electron chi connectivity index (χ1n) is 22.4. The largest absolute Gasteiger partial charge is 0.478 e. The zero-order chi connectivity index (χ0) is 51.5. The van der Waals surface area contributed by atoms with Gasteiger partial charge in [-0.25, -0.2) is 24.4 Å². The summed E-state index contributed by atoms with van der Waals surface area (Å²) in [6.07, 6.45) is 7.35. The van der Waals surface area contributed by atoms with Crippen molar-refractivity contribution in [3.63, 3.8) is 0 Å². The number of hydrogen-bond acceptors (Lipinski definition) is 15. The van der Waals surface area contributed by atoms with Crippen LogP contribution in [0.1, 0.15) is 124 Å². The average Bonchev–Trinajstić information content (AvgIpc) is 3.32. The molecular formula is C56H64N10O7. The third-order valence-corrected chi connectivity index (χ3v) is 11.5. The summed E-state index contributed by atoms with van der Waals surface area (Å²) in [7, 11) is 2.68. The summed E-state index contributed by atoms with van der Waals surface area (Å²) in [6, 6.07) is 21.4. The number of fused-ring (bicyclic) bond motifs is 2. The molecule has 380 valence electrons. The molecule has 0 saturated heterocycles. The van der Waals surface area contributed by atoms with Gasteiger partial charge in [-0.2, -0.15) is 0 Å². The molecule has 17 nitrogen and oxygen atoms in total. The summed E-state index contributed by atoms with van der Waals surface area (Å²) >= 11 is 0. The number of carbonyl (C=O) groups excluding carboxylic acids is 3. The second-order valence-corrected chi connectivity index (χ2v) is 16.9. The van der Waals surface area contributed by atoms with Crippen LogP contribution < -0.4 is 22.5 Å². The van der Waals surface area contributed by atoms with Gasteiger partial charge in [0.15, 0.2) is 0 Å². The van der Waals surface area contributed by atoms with Gasteiger partial charge in [-0.05, 0) is 159 Å². The van der Waals surface area contributed by atoms with E-state index in [1.165, 1.54) is 14.2 Å². The molecule has 0 radical (unpaired) electrons. The number of amides is 1. The van der Waals surface area contributed by atoms with Crippen molar-refractivity contribution in [2.75, 3.05) is 25.7 Å². The number of aromatic carboxylic acids is 1. The Balaban J connectivity index is 0.000000262. The number of carbonyl (C=O) groups is 4. The summed E-state index contributed by atoms with van der Waals surface area (Å²) in [5, 5.41) is 14.2. The first-order chi connectivity index (χ1) is 33.9. The third kappa shape index (κ3) is 14.5. The maximum Gasteiger partial charge on any atom is 0.340 e. The number of pyridine rings is 6. The Labute approximate surface area is 425 Å². The highest BCUT2D eigenvalue weighted by Crippen LogP contribution is 2.25. The smallest absolute Gasteiger partial charge is 0.340 e. The molecule has 8 aromatic rings. The Bertz CT molecular complexity index is 3280. The summed E-state index contributed by atoms with van der Waals surface area (Å²) < 4.78 is 9.63. The van der Waals surface area contributed by atoms with Crippen LogP contribution in [0.25, 0.3) is 21.8 Å². The van der Waals surface area contributed by atoms with Crippen LogP contribution >= 0.6 is 0 Å². The number of nitrogens with two attached hydrogens (primary N) is 3. The Kier molecular flexibility index (Phi) is 19.8. The van der Waals surface area contributed by atoms with Crippen molar-refractivity contribution >= 4 is 57.3 Å². The predicted octanol–water partition coefficient (Wildman–Crippen LogP) is 8.87. The van der Waals surface area contributed by atoms with Crippen LogP contribution in [-0.4, -0.2) is 73.0 Å². The number of nitrogen functional groups attached to an aromatic ring is 2. The molecular weight excluding hydrogens is 925 g/mol. The lowest BCUT2D eigenvalue weighted by atomic mass is 10.0. The second-order valence-electron chi connectivity index (χ2n) is 16.9. The zero-order valence-corrected chi connectivity index (χ0v) is 40.9. The molecule has 17 heteroatoms. The summed E-state index contributed by atoms with van der Waals surface area (Å²) in [4.78, 5) is 74.1. The molecule has 6 aromatic heterocycles. The Morgan fingerprint density at radius 3 is 1.53 bits per heavy atom. The van der Waals surface area contributed by atoms with Gasteiger partial charge in [0.1, 0.15) is 11.6 Å². The van der Waals surface area contributed by atoms with E-state index < -0.39 is 17.9 Å². The van der Waals surface area contributed by atoms with Gasteiger partial charge in [-0.15, -0.1) is 0 Å². The number of rotatable bonds is 11. The van der Waals surface area contributed by atoms with E-state index in [-0.39, 0.29) is 26.3 Å². The molecule has 6 heterocycles. The van der Waals surface area contributed by atoms with E-state index in [1.54, 1.807) is 67.3 Å². The second kappa shape index (κ2) is 25.4. The number of ether oxygens (including phenoxy) is 2. The number of hydrogen-bond donors (Lipinski definition) is 5. The number of methoxy groups -OCH3 is 2. The van der Waals surface area contributed by atoms with Gasteiger partial charge in [0.05, 0.1) is 41.9 Å². The Hall–Kier alpha value is -8.70. The molecule has 73 heavy (non-hydrogen) atoms. The molecule has 0 unspecified atom stereocenters. The van der Waals surface area contributed by atoms with Crippen molar-refractivity contribution in [3.05, 3.63) is 187 Å². The number of esters is 2. The van der Waals surface area contributed by atoms with Gasteiger partial charge in [-0.3, -0.25) is 24.7 Å². The third-order valence-electron chi connectivity index (χ3n) is 11.5. The predicted molar refractivity (Wildman–Crippen MR) is 285 cm³/mol. The van der Waals surface area contributed by atoms with Crippen LogP contribution in [0, 0.1) is 41.5 Å². The summed E-state index contributed by atoms with van der Waals surface area (Å²) in [5.74, 6) is -1.10. The highest BCUT2D eigenvalue weighted by atomic mass is 16.5. The lowest BCUT2D eigenvalue weighted by Crippen LogP contribution is -2.24. The highest BCUT2D eigenvalue weighted by Gasteiger charge is 2.17. The molecule has 8 rings (SSSR count). The van der Waals surface area contributed by atoms with Gasteiger partial charge in [0, 0.05) is 89.8 Å². The van der Waals surface area contributed by atoms with Crippen molar-refractivity contribution in [2.45, 2.75) is 82.3 Å². The quantitative estimate of drug-likeness (QED) is 0.0757. The van der Waals surface area contributed by atoms with E-state index in [9.17, 15) is 24.3 Å². The average molecular weight is 989 g/mol. The Morgan fingerprint density at radius 1 is 0.589 bits per heavy atom. The number of benzene rings is 2. The van der Waals surface area contributed by atoms with Crippen molar-refractivity contribution in [2.24, 2.45) is 5.73 Å². The van der Waals surface area contributed by atoms with E-state index in [4.69, 9.17) is 26.7 Å². The molecule has 2 aromatic carbocycles. The standard InChI is InChI=1S/C26H25N5O3.C20H18N2O4.C8H13N3.2CH4/c1-14-6-19-8-17(10-21(26(33)34)24(19)29-12-14)9-20-11-18(4-5-28-20)25(32)30-13-22-15(2)7-23(27)31-16(22)3;1-12-6-15-7-13(9-17(20(24)26-3)18(15)22-11-12)8-16-10-14(4-5-21-16)19(23)25-2;1-5-3-8(10)11-6(2)7(5)4-9;;/h4-8,10-12H,9,13H2,1-3H3,(H2,27,31)(H,30,32)(H,33,34);4-7,9-11H,8H2,1-3H3;3H,4,9H2,1-2H3,(H2,10,11);2*1H4. The lowest BCUT2D eigenvalue weighted by Gasteiger charge is -2.12. The maximum absolute atomic E-state index is 12.8. The van der Waals surface area contributed by atoms with Gasteiger partial charge < -0.3 is 37.1 Å². The monoisotopic (exact) mass is 988 g/mol. The van der Waals surface area contributed by atoms with Gasteiger partial charge >= 0.3 is 17.9 Å². The number of nitrogens with one attached hydrogen (secondary N) is 1. The van der Waals surface area contributed by atoms with E-state index >= 15 is 0 Å². The minimum atomic E-state index is -1.04. The number of aryl methyl sites for hydroxylation is 6. The fourth-order valence-electron chi connectivity index (χ4n) is 8.05.